The summed E-state index contributed by atoms with van der Waals surface area (Å²) in [6.07, 6.45) is 1.56. The minimum Gasteiger partial charge on any atom is -0.493 e. The van der Waals surface area contributed by atoms with Gasteiger partial charge in [0.25, 0.3) is 5.91 Å². The van der Waals surface area contributed by atoms with Crippen molar-refractivity contribution in [2.45, 2.75) is 13.5 Å². The van der Waals surface area contributed by atoms with Crippen LogP contribution in [0.4, 0.5) is 0 Å². The van der Waals surface area contributed by atoms with Gasteiger partial charge in [0.05, 0.1) is 17.8 Å². The van der Waals surface area contributed by atoms with Gasteiger partial charge in [0.15, 0.2) is 11.5 Å². The van der Waals surface area contributed by atoms with E-state index in [2.05, 4.69) is 26.5 Å². The van der Waals surface area contributed by atoms with Crippen molar-refractivity contribution in [3.05, 3.63) is 93.5 Å². The second kappa shape index (κ2) is 9.89. The van der Waals surface area contributed by atoms with Crippen molar-refractivity contribution >= 4 is 28.1 Å². The predicted molar refractivity (Wildman–Crippen MR) is 118 cm³/mol. The van der Waals surface area contributed by atoms with Crippen molar-refractivity contribution in [2.24, 2.45) is 5.10 Å². The zero-order valence-corrected chi connectivity index (χ0v) is 17.8. The summed E-state index contributed by atoms with van der Waals surface area (Å²) < 4.78 is 12.1. The quantitative estimate of drug-likeness (QED) is 0.400. The molecule has 6 heteroatoms. The van der Waals surface area contributed by atoms with E-state index in [1.165, 1.54) is 0 Å². The number of amides is 1. The molecular formula is C23H21BrN2O3. The van der Waals surface area contributed by atoms with E-state index in [1.807, 2.05) is 61.5 Å². The van der Waals surface area contributed by atoms with Crippen LogP contribution in [0.3, 0.4) is 0 Å². The number of methoxy groups -OCH3 is 1. The summed E-state index contributed by atoms with van der Waals surface area (Å²) in [6.45, 7) is 2.36. The SMILES string of the molecule is COc1cc(/C=N/NC(=O)c2cccc(C)c2)cc(Br)c1OCc1ccccc1. The maximum absolute atomic E-state index is 12.2. The van der Waals surface area contributed by atoms with Crippen LogP contribution in [0.2, 0.25) is 0 Å². The van der Waals surface area contributed by atoms with E-state index in [-0.39, 0.29) is 5.91 Å². The van der Waals surface area contributed by atoms with Crippen LogP contribution >= 0.6 is 15.9 Å². The van der Waals surface area contributed by atoms with Crippen LogP contribution in [-0.2, 0) is 6.61 Å². The van der Waals surface area contributed by atoms with E-state index in [4.69, 9.17) is 9.47 Å². The first-order chi connectivity index (χ1) is 14.1. The summed E-state index contributed by atoms with van der Waals surface area (Å²) in [4.78, 5) is 12.2. The highest BCUT2D eigenvalue weighted by molar-refractivity contribution is 9.10. The van der Waals surface area contributed by atoms with Gasteiger partial charge in [-0.15, -0.1) is 0 Å². The Morgan fingerprint density at radius 2 is 1.90 bits per heavy atom. The fourth-order valence-corrected chi connectivity index (χ4v) is 3.27. The third kappa shape index (κ3) is 5.68. The van der Waals surface area contributed by atoms with Gasteiger partial charge in [-0.3, -0.25) is 4.79 Å². The number of carbonyl (C=O) groups excluding carboxylic acids is 1. The Balaban J connectivity index is 1.69. The van der Waals surface area contributed by atoms with Gasteiger partial charge < -0.3 is 9.47 Å². The van der Waals surface area contributed by atoms with Gasteiger partial charge in [-0.1, -0.05) is 48.0 Å². The molecule has 0 unspecified atom stereocenters. The number of halogens is 1. The van der Waals surface area contributed by atoms with Crippen LogP contribution in [0.15, 0.2) is 76.3 Å². The van der Waals surface area contributed by atoms with Crippen molar-refractivity contribution in [1.29, 1.82) is 0 Å². The van der Waals surface area contributed by atoms with Crippen molar-refractivity contribution in [2.75, 3.05) is 7.11 Å². The Labute approximate surface area is 178 Å². The molecular weight excluding hydrogens is 432 g/mol. The number of aryl methyl sites for hydroxylation is 1. The lowest BCUT2D eigenvalue weighted by atomic mass is 10.1. The van der Waals surface area contributed by atoms with Crippen LogP contribution in [0.25, 0.3) is 0 Å². The molecule has 0 spiro atoms. The third-order valence-electron chi connectivity index (χ3n) is 4.14. The topological polar surface area (TPSA) is 59.9 Å². The number of benzene rings is 3. The molecule has 3 rings (SSSR count). The van der Waals surface area contributed by atoms with Gasteiger partial charge in [0.2, 0.25) is 0 Å². The molecule has 148 valence electrons. The molecule has 3 aromatic carbocycles. The highest BCUT2D eigenvalue weighted by Crippen LogP contribution is 2.36. The minimum absolute atomic E-state index is 0.265. The van der Waals surface area contributed by atoms with E-state index in [0.717, 1.165) is 21.2 Å². The average molecular weight is 453 g/mol. The number of carbonyl (C=O) groups is 1. The molecule has 0 radical (unpaired) electrons. The first-order valence-electron chi connectivity index (χ1n) is 9.01. The molecule has 0 heterocycles. The minimum atomic E-state index is -0.265. The molecule has 0 aliphatic rings. The molecule has 0 bridgehead atoms. The number of hydrazone groups is 1. The number of rotatable bonds is 7. The molecule has 0 aliphatic carbocycles. The number of nitrogens with one attached hydrogen (secondary N) is 1. The first-order valence-corrected chi connectivity index (χ1v) is 9.80. The monoisotopic (exact) mass is 452 g/mol. The van der Waals surface area contributed by atoms with Crippen LogP contribution in [0, 0.1) is 6.92 Å². The van der Waals surface area contributed by atoms with Crippen LogP contribution in [0.1, 0.15) is 27.0 Å². The van der Waals surface area contributed by atoms with Crippen molar-refractivity contribution < 1.29 is 14.3 Å². The fourth-order valence-electron chi connectivity index (χ4n) is 2.70. The standard InChI is InChI=1S/C23H21BrN2O3/c1-16-7-6-10-19(11-16)23(27)26-25-14-18-12-20(24)22(21(13-18)28-2)29-15-17-8-4-3-5-9-17/h3-14H,15H2,1-2H3,(H,26,27)/b25-14+. The average Bonchev–Trinajstić information content (AvgIpc) is 2.73. The zero-order valence-electron chi connectivity index (χ0n) is 16.2. The molecule has 1 amide bonds. The fraction of sp³-hybridized carbons (Fsp3) is 0.130. The highest BCUT2D eigenvalue weighted by Gasteiger charge is 2.12. The third-order valence-corrected chi connectivity index (χ3v) is 4.73. The summed E-state index contributed by atoms with van der Waals surface area (Å²) in [7, 11) is 1.58. The maximum Gasteiger partial charge on any atom is 0.271 e. The summed E-state index contributed by atoms with van der Waals surface area (Å²) in [6, 6.07) is 20.9. The van der Waals surface area contributed by atoms with Gasteiger partial charge in [-0.2, -0.15) is 5.10 Å². The summed E-state index contributed by atoms with van der Waals surface area (Å²) in [5.41, 5.74) is 5.93. The summed E-state index contributed by atoms with van der Waals surface area (Å²) in [5, 5.41) is 4.05. The first kappa shape index (κ1) is 20.6. The molecule has 0 aromatic heterocycles. The van der Waals surface area contributed by atoms with Crippen molar-refractivity contribution in [3.8, 4) is 11.5 Å². The summed E-state index contributed by atoms with van der Waals surface area (Å²) >= 11 is 3.52. The van der Waals surface area contributed by atoms with Gasteiger partial charge in [0, 0.05) is 5.56 Å². The summed E-state index contributed by atoms with van der Waals surface area (Å²) in [5.74, 6) is 0.915. The molecule has 0 fully saturated rings. The molecule has 0 saturated carbocycles. The van der Waals surface area contributed by atoms with Gasteiger partial charge in [0.1, 0.15) is 6.61 Å². The van der Waals surface area contributed by atoms with Crippen molar-refractivity contribution in [3.63, 3.8) is 0 Å². The van der Waals surface area contributed by atoms with Crippen LogP contribution < -0.4 is 14.9 Å². The second-order valence-electron chi connectivity index (χ2n) is 6.38. The molecule has 0 saturated heterocycles. The van der Waals surface area contributed by atoms with E-state index < -0.39 is 0 Å². The Morgan fingerprint density at radius 1 is 1.10 bits per heavy atom. The number of nitrogens with zero attached hydrogens (tertiary/aromatic N) is 1. The lowest BCUT2D eigenvalue weighted by Gasteiger charge is -2.13. The predicted octanol–water partition coefficient (Wildman–Crippen LogP) is 5.11. The molecule has 1 N–H and O–H groups in total. The Morgan fingerprint density at radius 3 is 2.62 bits per heavy atom. The molecule has 3 aromatic rings. The largest absolute Gasteiger partial charge is 0.493 e. The Hall–Kier alpha value is -3.12. The molecule has 0 atom stereocenters. The van der Waals surface area contributed by atoms with E-state index in [1.54, 1.807) is 25.5 Å². The van der Waals surface area contributed by atoms with Crippen molar-refractivity contribution in [1.82, 2.24) is 5.43 Å². The van der Waals surface area contributed by atoms with Gasteiger partial charge in [-0.25, -0.2) is 5.43 Å². The second-order valence-corrected chi connectivity index (χ2v) is 7.23. The number of ether oxygens (including phenoxy) is 2. The Bertz CT molecular complexity index is 1020. The van der Waals surface area contributed by atoms with Gasteiger partial charge >= 0.3 is 0 Å². The zero-order chi connectivity index (χ0) is 20.6. The van der Waals surface area contributed by atoms with E-state index >= 15 is 0 Å². The number of hydrogen-bond acceptors (Lipinski definition) is 4. The molecule has 0 aliphatic heterocycles. The Kier molecular flexibility index (Phi) is 7.03. The lowest BCUT2D eigenvalue weighted by molar-refractivity contribution is 0.0955. The van der Waals surface area contributed by atoms with E-state index in [0.29, 0.717) is 23.7 Å². The highest BCUT2D eigenvalue weighted by atomic mass is 79.9. The van der Waals surface area contributed by atoms with E-state index in [9.17, 15) is 4.79 Å². The van der Waals surface area contributed by atoms with Gasteiger partial charge in [-0.05, 0) is 58.2 Å². The number of hydrogen-bond donors (Lipinski definition) is 1. The molecule has 29 heavy (non-hydrogen) atoms. The van der Waals surface area contributed by atoms with Crippen LogP contribution in [0.5, 0.6) is 11.5 Å². The lowest BCUT2D eigenvalue weighted by Crippen LogP contribution is -2.17. The maximum atomic E-state index is 12.2. The normalized spacial score (nSPS) is 10.7. The molecule has 5 nitrogen and oxygen atoms in total. The smallest absolute Gasteiger partial charge is 0.271 e. The van der Waals surface area contributed by atoms with Crippen LogP contribution in [-0.4, -0.2) is 19.2 Å².